The number of amides is 1. The molecule has 0 radical (unpaired) electrons. The monoisotopic (exact) mass is 378 g/mol. The zero-order valence-electron chi connectivity index (χ0n) is 16.3. The van der Waals surface area contributed by atoms with E-state index < -0.39 is 0 Å². The number of nitrogens with zero attached hydrogens (tertiary/aromatic N) is 2. The molecule has 4 rings (SSSR count). The van der Waals surface area contributed by atoms with Gasteiger partial charge in [-0.3, -0.25) is 9.69 Å². The van der Waals surface area contributed by atoms with Crippen LogP contribution in [0.25, 0.3) is 5.57 Å². The molecule has 0 spiro atoms. The molecule has 5 nitrogen and oxygen atoms in total. The van der Waals surface area contributed by atoms with E-state index in [0.29, 0.717) is 0 Å². The van der Waals surface area contributed by atoms with Crippen molar-refractivity contribution in [3.8, 4) is 11.5 Å². The highest BCUT2D eigenvalue weighted by Gasteiger charge is 2.27. The largest absolute Gasteiger partial charge is 0.454 e. The molecule has 0 unspecified atom stereocenters. The number of carbonyl (C=O) groups excluding carboxylic acids is 1. The van der Waals surface area contributed by atoms with Gasteiger partial charge in [0, 0.05) is 18.3 Å². The Bertz CT molecular complexity index is 857. The van der Waals surface area contributed by atoms with Gasteiger partial charge in [-0.2, -0.15) is 0 Å². The summed E-state index contributed by atoms with van der Waals surface area (Å²) in [5, 5.41) is 0. The molecule has 1 aromatic carbocycles. The fourth-order valence-corrected chi connectivity index (χ4v) is 4.02. The van der Waals surface area contributed by atoms with E-state index in [9.17, 15) is 4.79 Å². The third kappa shape index (κ3) is 3.88. The van der Waals surface area contributed by atoms with Crippen LogP contribution in [0.1, 0.15) is 51.0 Å². The topological polar surface area (TPSA) is 51.7 Å². The van der Waals surface area contributed by atoms with Crippen molar-refractivity contribution in [2.24, 2.45) is 0 Å². The van der Waals surface area contributed by atoms with Crippen LogP contribution in [0, 0.1) is 0 Å². The molecule has 0 N–H and O–H groups in total. The van der Waals surface area contributed by atoms with E-state index >= 15 is 0 Å². The average Bonchev–Trinajstić information content (AvgIpc) is 3.21. The summed E-state index contributed by atoms with van der Waals surface area (Å²) in [6.07, 6.45) is 9.90. The summed E-state index contributed by atoms with van der Waals surface area (Å²) in [6, 6.07) is 11.8. The second-order valence-electron chi connectivity index (χ2n) is 7.28. The lowest BCUT2D eigenvalue weighted by atomic mass is 9.93. The molecule has 1 aliphatic heterocycles. The Labute approximate surface area is 166 Å². The van der Waals surface area contributed by atoms with Gasteiger partial charge in [-0.15, -0.1) is 0 Å². The summed E-state index contributed by atoms with van der Waals surface area (Å²) >= 11 is 0. The number of fused-ring (bicyclic) bond motifs is 1. The second-order valence-corrected chi connectivity index (χ2v) is 7.28. The molecule has 0 bridgehead atoms. The predicted molar refractivity (Wildman–Crippen MR) is 109 cm³/mol. The lowest BCUT2D eigenvalue weighted by Gasteiger charge is -2.33. The standard InChI is InChI=1S/C23H26N2O3/c1-2-17(18-11-12-20-21(14-18)28-16-27-20)15-23(26)25(19-8-4-3-5-9-19)22-10-6-7-13-24-22/h6-7,10-15,19H,2-5,8-9,16H2,1H3/b17-15+. The number of allylic oxidation sites excluding steroid dienone is 1. The highest BCUT2D eigenvalue weighted by Crippen LogP contribution is 2.35. The van der Waals surface area contributed by atoms with E-state index in [2.05, 4.69) is 11.9 Å². The first-order valence-corrected chi connectivity index (χ1v) is 10.1. The van der Waals surface area contributed by atoms with Crippen molar-refractivity contribution in [2.45, 2.75) is 51.5 Å². The molecule has 2 aliphatic rings. The van der Waals surface area contributed by atoms with Crippen molar-refractivity contribution in [3.05, 3.63) is 54.2 Å². The third-order valence-corrected chi connectivity index (χ3v) is 5.50. The van der Waals surface area contributed by atoms with Crippen LogP contribution in [0.15, 0.2) is 48.7 Å². The maximum absolute atomic E-state index is 13.4. The van der Waals surface area contributed by atoms with E-state index in [1.165, 1.54) is 6.42 Å². The van der Waals surface area contributed by atoms with Gasteiger partial charge in [0.15, 0.2) is 11.5 Å². The zero-order chi connectivity index (χ0) is 19.3. The molecule has 1 amide bonds. The first kappa shape index (κ1) is 18.5. The Kier molecular flexibility index (Phi) is 5.60. The Morgan fingerprint density at radius 3 is 2.71 bits per heavy atom. The van der Waals surface area contributed by atoms with Crippen molar-refractivity contribution in [3.63, 3.8) is 0 Å². The van der Waals surface area contributed by atoms with E-state index in [1.54, 1.807) is 12.3 Å². The normalized spacial score (nSPS) is 16.8. The minimum atomic E-state index is 0.000108. The number of carbonyl (C=O) groups is 1. The Morgan fingerprint density at radius 2 is 1.96 bits per heavy atom. The zero-order valence-corrected chi connectivity index (χ0v) is 16.3. The molecule has 0 saturated heterocycles. The maximum atomic E-state index is 13.4. The number of aromatic nitrogens is 1. The fourth-order valence-electron chi connectivity index (χ4n) is 4.02. The molecular weight excluding hydrogens is 352 g/mol. The van der Waals surface area contributed by atoms with Gasteiger partial charge in [0.25, 0.3) is 5.91 Å². The van der Waals surface area contributed by atoms with Gasteiger partial charge in [0.05, 0.1) is 0 Å². The van der Waals surface area contributed by atoms with E-state index in [4.69, 9.17) is 9.47 Å². The van der Waals surface area contributed by atoms with Crippen molar-refractivity contribution in [1.82, 2.24) is 4.98 Å². The number of ether oxygens (including phenoxy) is 2. The first-order valence-electron chi connectivity index (χ1n) is 10.1. The molecule has 5 heteroatoms. The molecular formula is C23H26N2O3. The van der Waals surface area contributed by atoms with Crippen LogP contribution in [0.3, 0.4) is 0 Å². The third-order valence-electron chi connectivity index (χ3n) is 5.50. The smallest absolute Gasteiger partial charge is 0.252 e. The van der Waals surface area contributed by atoms with Crippen molar-refractivity contribution in [2.75, 3.05) is 11.7 Å². The minimum absolute atomic E-state index is 0.000108. The van der Waals surface area contributed by atoms with Crippen LogP contribution in [0.5, 0.6) is 11.5 Å². The molecule has 28 heavy (non-hydrogen) atoms. The molecule has 2 heterocycles. The van der Waals surface area contributed by atoms with Crippen molar-refractivity contribution >= 4 is 17.3 Å². The van der Waals surface area contributed by atoms with Gasteiger partial charge in [-0.1, -0.05) is 38.3 Å². The van der Waals surface area contributed by atoms with E-state index in [-0.39, 0.29) is 18.7 Å². The number of anilines is 1. The fraction of sp³-hybridized carbons (Fsp3) is 0.391. The van der Waals surface area contributed by atoms with E-state index in [0.717, 1.165) is 60.6 Å². The second kappa shape index (κ2) is 8.46. The molecule has 0 atom stereocenters. The van der Waals surface area contributed by atoms with Gasteiger partial charge < -0.3 is 9.47 Å². The minimum Gasteiger partial charge on any atom is -0.454 e. The lowest BCUT2D eigenvalue weighted by Crippen LogP contribution is -2.41. The highest BCUT2D eigenvalue weighted by atomic mass is 16.7. The average molecular weight is 378 g/mol. The molecule has 2 aromatic rings. The summed E-state index contributed by atoms with van der Waals surface area (Å²) in [5.74, 6) is 2.22. The Balaban J connectivity index is 1.65. The number of hydrogen-bond donors (Lipinski definition) is 0. The number of benzene rings is 1. The molecule has 146 valence electrons. The van der Waals surface area contributed by atoms with Crippen LogP contribution < -0.4 is 14.4 Å². The maximum Gasteiger partial charge on any atom is 0.252 e. The molecule has 1 aliphatic carbocycles. The Hall–Kier alpha value is -2.82. The lowest BCUT2D eigenvalue weighted by molar-refractivity contribution is -0.114. The SMILES string of the molecule is CC/C(=C\C(=O)N(c1ccccn1)C1CCCCC1)c1ccc2c(c1)OCO2. The Morgan fingerprint density at radius 1 is 1.14 bits per heavy atom. The summed E-state index contributed by atoms with van der Waals surface area (Å²) in [7, 11) is 0. The van der Waals surface area contributed by atoms with Crippen LogP contribution in [-0.4, -0.2) is 23.7 Å². The van der Waals surface area contributed by atoms with Crippen molar-refractivity contribution < 1.29 is 14.3 Å². The molecule has 1 fully saturated rings. The first-order chi connectivity index (χ1) is 13.8. The summed E-state index contributed by atoms with van der Waals surface area (Å²) in [4.78, 5) is 19.7. The van der Waals surface area contributed by atoms with Crippen LogP contribution in [-0.2, 0) is 4.79 Å². The number of hydrogen-bond acceptors (Lipinski definition) is 4. The van der Waals surface area contributed by atoms with Gasteiger partial charge >= 0.3 is 0 Å². The van der Waals surface area contributed by atoms with E-state index in [1.807, 2.05) is 41.3 Å². The van der Waals surface area contributed by atoms with Gasteiger partial charge in [-0.05, 0) is 54.7 Å². The van der Waals surface area contributed by atoms with Crippen molar-refractivity contribution in [1.29, 1.82) is 0 Å². The summed E-state index contributed by atoms with van der Waals surface area (Å²) in [5.41, 5.74) is 1.98. The van der Waals surface area contributed by atoms with Gasteiger partial charge in [0.2, 0.25) is 6.79 Å². The highest BCUT2D eigenvalue weighted by molar-refractivity contribution is 6.05. The molecule has 1 saturated carbocycles. The van der Waals surface area contributed by atoms with Crippen LogP contribution >= 0.6 is 0 Å². The van der Waals surface area contributed by atoms with Gasteiger partial charge in [-0.25, -0.2) is 4.98 Å². The number of rotatable bonds is 5. The van der Waals surface area contributed by atoms with Crippen LogP contribution in [0.2, 0.25) is 0 Å². The molecule has 1 aromatic heterocycles. The summed E-state index contributed by atoms with van der Waals surface area (Å²) in [6.45, 7) is 2.31. The summed E-state index contributed by atoms with van der Waals surface area (Å²) < 4.78 is 10.9. The quantitative estimate of drug-likeness (QED) is 0.689. The predicted octanol–water partition coefficient (Wildman–Crippen LogP) is 4.97. The number of pyridine rings is 1. The van der Waals surface area contributed by atoms with Gasteiger partial charge in [0.1, 0.15) is 5.82 Å². The van der Waals surface area contributed by atoms with Crippen LogP contribution in [0.4, 0.5) is 5.82 Å².